The minimum absolute atomic E-state index is 0.155. The molecular weight excluding hydrogens is 256 g/mol. The number of aliphatic carboxylic acids is 1. The fraction of sp³-hybridized carbons (Fsp3) is 0.867. The van der Waals surface area contributed by atoms with E-state index < -0.39 is 16.9 Å². The van der Waals surface area contributed by atoms with Crippen LogP contribution in [0.2, 0.25) is 0 Å². The van der Waals surface area contributed by atoms with Crippen LogP contribution in [0.3, 0.4) is 0 Å². The molecule has 0 aromatic carbocycles. The summed E-state index contributed by atoms with van der Waals surface area (Å²) in [5.74, 6) is -0.859. The topological polar surface area (TPSA) is 78.4 Å². The largest absolute Gasteiger partial charge is 0.480 e. The van der Waals surface area contributed by atoms with Crippen LogP contribution in [-0.4, -0.2) is 35.6 Å². The number of nitrogens with one attached hydrogen (secondary N) is 2. The van der Waals surface area contributed by atoms with Gasteiger partial charge in [-0.3, -0.25) is 4.79 Å². The molecule has 1 saturated heterocycles. The quantitative estimate of drug-likeness (QED) is 0.694. The third kappa shape index (κ3) is 3.32. The van der Waals surface area contributed by atoms with Crippen LogP contribution in [0.15, 0.2) is 0 Å². The molecule has 5 nitrogen and oxygen atoms in total. The Labute approximate surface area is 121 Å². The first-order chi connectivity index (χ1) is 9.30. The van der Waals surface area contributed by atoms with Gasteiger partial charge in [0.2, 0.25) is 5.91 Å². The first-order valence-electron chi connectivity index (χ1n) is 7.57. The van der Waals surface area contributed by atoms with E-state index >= 15 is 0 Å². The Morgan fingerprint density at radius 2 is 1.90 bits per heavy atom. The third-order valence-electron chi connectivity index (χ3n) is 4.87. The third-order valence-corrected chi connectivity index (χ3v) is 4.87. The average Bonchev–Trinajstić information content (AvgIpc) is 2.45. The standard InChI is InChI=1S/C15H28N2O3/c1-5-15(6-2,13(19)20)17-12(18)14(3,4)11-8-7-9-16-10-11/h11,16H,5-10H2,1-4H3,(H,17,18)(H,19,20). The maximum atomic E-state index is 12.6. The number of carbonyl (C=O) groups is 2. The van der Waals surface area contributed by atoms with Gasteiger partial charge in [0.25, 0.3) is 0 Å². The summed E-state index contributed by atoms with van der Waals surface area (Å²) < 4.78 is 0. The van der Waals surface area contributed by atoms with Crippen molar-refractivity contribution >= 4 is 11.9 Å². The van der Waals surface area contributed by atoms with E-state index in [0.717, 1.165) is 25.9 Å². The van der Waals surface area contributed by atoms with Crippen molar-refractivity contribution in [2.45, 2.75) is 58.9 Å². The van der Waals surface area contributed by atoms with Gasteiger partial charge in [0, 0.05) is 5.41 Å². The highest BCUT2D eigenvalue weighted by Gasteiger charge is 2.43. The van der Waals surface area contributed by atoms with E-state index in [4.69, 9.17) is 0 Å². The monoisotopic (exact) mass is 284 g/mol. The van der Waals surface area contributed by atoms with Gasteiger partial charge in [-0.25, -0.2) is 4.79 Å². The number of piperidine rings is 1. The van der Waals surface area contributed by atoms with Crippen LogP contribution in [-0.2, 0) is 9.59 Å². The van der Waals surface area contributed by atoms with Crippen LogP contribution in [0.1, 0.15) is 53.4 Å². The fourth-order valence-electron chi connectivity index (χ4n) is 2.81. The molecule has 5 heteroatoms. The minimum atomic E-state index is -1.14. The van der Waals surface area contributed by atoms with Crippen molar-refractivity contribution in [3.05, 3.63) is 0 Å². The number of rotatable bonds is 6. The second-order valence-electron chi connectivity index (χ2n) is 6.31. The van der Waals surface area contributed by atoms with Crippen LogP contribution in [0.4, 0.5) is 0 Å². The van der Waals surface area contributed by atoms with Gasteiger partial charge in [0.05, 0.1) is 0 Å². The van der Waals surface area contributed by atoms with Gasteiger partial charge >= 0.3 is 5.97 Å². The molecule has 1 fully saturated rings. The maximum Gasteiger partial charge on any atom is 0.329 e. The van der Waals surface area contributed by atoms with Gasteiger partial charge < -0.3 is 15.7 Å². The molecule has 0 aromatic rings. The van der Waals surface area contributed by atoms with Crippen LogP contribution in [0.5, 0.6) is 0 Å². The van der Waals surface area contributed by atoms with Gasteiger partial charge in [0.1, 0.15) is 5.54 Å². The molecule has 1 aliphatic rings. The first-order valence-corrected chi connectivity index (χ1v) is 7.57. The summed E-state index contributed by atoms with van der Waals surface area (Å²) in [6.07, 6.45) is 2.85. The molecule has 1 amide bonds. The molecule has 1 atom stereocenters. The Morgan fingerprint density at radius 3 is 2.30 bits per heavy atom. The van der Waals surface area contributed by atoms with Crippen molar-refractivity contribution in [3.8, 4) is 0 Å². The van der Waals surface area contributed by atoms with Crippen LogP contribution in [0.25, 0.3) is 0 Å². The van der Waals surface area contributed by atoms with Gasteiger partial charge in [-0.15, -0.1) is 0 Å². The lowest BCUT2D eigenvalue weighted by Crippen LogP contribution is -2.58. The number of hydrogen-bond acceptors (Lipinski definition) is 3. The zero-order chi connectivity index (χ0) is 15.4. The molecule has 0 saturated carbocycles. The van der Waals surface area contributed by atoms with E-state index in [-0.39, 0.29) is 11.8 Å². The first kappa shape index (κ1) is 17.0. The van der Waals surface area contributed by atoms with Crippen molar-refractivity contribution in [3.63, 3.8) is 0 Å². The molecule has 1 unspecified atom stereocenters. The SMILES string of the molecule is CCC(CC)(NC(=O)C(C)(C)C1CCCNC1)C(=O)O. The van der Waals surface area contributed by atoms with Crippen LogP contribution < -0.4 is 10.6 Å². The lowest BCUT2D eigenvalue weighted by Gasteiger charge is -2.39. The molecule has 20 heavy (non-hydrogen) atoms. The maximum absolute atomic E-state index is 12.6. The molecular formula is C15H28N2O3. The zero-order valence-electron chi connectivity index (χ0n) is 13.1. The van der Waals surface area contributed by atoms with Crippen molar-refractivity contribution in [2.24, 2.45) is 11.3 Å². The summed E-state index contributed by atoms with van der Waals surface area (Å²) in [6, 6.07) is 0. The summed E-state index contributed by atoms with van der Waals surface area (Å²) in [4.78, 5) is 24.1. The van der Waals surface area contributed by atoms with E-state index in [1.807, 2.05) is 13.8 Å². The predicted molar refractivity (Wildman–Crippen MR) is 78.5 cm³/mol. The number of amides is 1. The van der Waals surface area contributed by atoms with Gasteiger partial charge in [-0.1, -0.05) is 27.7 Å². The van der Waals surface area contributed by atoms with Gasteiger partial charge in [-0.2, -0.15) is 0 Å². The summed E-state index contributed by atoms with van der Waals surface area (Å²) in [5, 5.41) is 15.5. The van der Waals surface area contributed by atoms with Gasteiger partial charge in [0.15, 0.2) is 0 Å². The molecule has 1 rings (SSSR count). The molecule has 0 aromatic heterocycles. The van der Waals surface area contributed by atoms with Crippen LogP contribution >= 0.6 is 0 Å². The molecule has 0 aliphatic carbocycles. The lowest BCUT2D eigenvalue weighted by atomic mass is 9.73. The number of hydrogen-bond donors (Lipinski definition) is 3. The Hall–Kier alpha value is -1.10. The Morgan fingerprint density at radius 1 is 1.30 bits per heavy atom. The second-order valence-corrected chi connectivity index (χ2v) is 6.31. The number of carbonyl (C=O) groups excluding carboxylic acids is 1. The van der Waals surface area contributed by atoms with Crippen molar-refractivity contribution in [1.82, 2.24) is 10.6 Å². The molecule has 0 spiro atoms. The zero-order valence-corrected chi connectivity index (χ0v) is 13.1. The van der Waals surface area contributed by atoms with E-state index in [2.05, 4.69) is 10.6 Å². The van der Waals surface area contributed by atoms with E-state index in [0.29, 0.717) is 12.8 Å². The summed E-state index contributed by atoms with van der Waals surface area (Å²) in [7, 11) is 0. The summed E-state index contributed by atoms with van der Waals surface area (Å²) in [6.45, 7) is 9.24. The average molecular weight is 284 g/mol. The normalized spacial score (nSPS) is 20.5. The lowest BCUT2D eigenvalue weighted by molar-refractivity contribution is -0.150. The molecule has 1 aliphatic heterocycles. The number of carboxylic acid groups (broad SMARTS) is 1. The van der Waals surface area contributed by atoms with Crippen LogP contribution in [0, 0.1) is 11.3 Å². The Balaban J connectivity index is 2.84. The van der Waals surface area contributed by atoms with Crippen molar-refractivity contribution < 1.29 is 14.7 Å². The van der Waals surface area contributed by atoms with Gasteiger partial charge in [-0.05, 0) is 44.7 Å². The van der Waals surface area contributed by atoms with E-state index in [1.165, 1.54) is 0 Å². The highest BCUT2D eigenvalue weighted by Crippen LogP contribution is 2.33. The van der Waals surface area contributed by atoms with Crippen molar-refractivity contribution in [1.29, 1.82) is 0 Å². The fourth-order valence-corrected chi connectivity index (χ4v) is 2.81. The Kier molecular flexibility index (Phi) is 5.57. The summed E-state index contributed by atoms with van der Waals surface area (Å²) >= 11 is 0. The van der Waals surface area contributed by atoms with Crippen molar-refractivity contribution in [2.75, 3.05) is 13.1 Å². The number of carboxylic acids is 1. The molecule has 0 radical (unpaired) electrons. The molecule has 1 heterocycles. The highest BCUT2D eigenvalue weighted by molar-refractivity contribution is 5.89. The predicted octanol–water partition coefficient (Wildman–Crippen LogP) is 1.77. The van der Waals surface area contributed by atoms with E-state index in [1.54, 1.807) is 13.8 Å². The van der Waals surface area contributed by atoms with E-state index in [9.17, 15) is 14.7 Å². The highest BCUT2D eigenvalue weighted by atomic mass is 16.4. The smallest absolute Gasteiger partial charge is 0.329 e. The Bertz CT molecular complexity index is 356. The molecule has 3 N–H and O–H groups in total. The molecule has 0 bridgehead atoms. The molecule has 116 valence electrons. The summed E-state index contributed by atoms with van der Waals surface area (Å²) in [5.41, 5.74) is -1.70. The minimum Gasteiger partial charge on any atom is -0.480 e. The second kappa shape index (κ2) is 6.57.